The third-order valence-corrected chi connectivity index (χ3v) is 6.84. The van der Waals surface area contributed by atoms with Crippen LogP contribution in [0, 0.1) is 0 Å². The molecular formula is C28H26F6N6O4. The van der Waals surface area contributed by atoms with Crippen LogP contribution in [0.3, 0.4) is 0 Å². The number of carbonyl (C=O) groups is 2. The molecule has 1 aromatic heterocycles. The second-order valence-electron chi connectivity index (χ2n) is 10.1. The molecule has 0 radical (unpaired) electrons. The van der Waals surface area contributed by atoms with Crippen molar-refractivity contribution >= 4 is 23.2 Å². The predicted molar refractivity (Wildman–Crippen MR) is 145 cm³/mol. The highest BCUT2D eigenvalue weighted by molar-refractivity contribution is 6.07. The van der Waals surface area contributed by atoms with Crippen LogP contribution >= 0.6 is 0 Å². The topological polar surface area (TPSA) is 127 Å². The normalized spacial score (nSPS) is 18.6. The Morgan fingerprint density at radius 3 is 1.50 bits per heavy atom. The number of hydrogen-bond acceptors (Lipinski definition) is 8. The van der Waals surface area contributed by atoms with Crippen LogP contribution in [0.25, 0.3) is 0 Å². The summed E-state index contributed by atoms with van der Waals surface area (Å²) < 4.78 is 93.4. The minimum absolute atomic E-state index is 0.209. The summed E-state index contributed by atoms with van der Waals surface area (Å²) in [5.41, 5.74) is -3.33. The number of amides is 2. The van der Waals surface area contributed by atoms with Gasteiger partial charge >= 0.3 is 12.4 Å². The molecule has 3 aromatic rings. The van der Waals surface area contributed by atoms with Crippen molar-refractivity contribution in [1.29, 1.82) is 0 Å². The lowest BCUT2D eigenvalue weighted by atomic mass is 10.1. The number of halogens is 6. The zero-order valence-electron chi connectivity index (χ0n) is 22.8. The first-order valence-corrected chi connectivity index (χ1v) is 13.5. The Kier molecular flexibility index (Phi) is 8.92. The summed E-state index contributed by atoms with van der Waals surface area (Å²) in [6.45, 7) is 2.04. The van der Waals surface area contributed by atoms with Gasteiger partial charge in [0.15, 0.2) is 0 Å². The Labute approximate surface area is 246 Å². The van der Waals surface area contributed by atoms with Crippen LogP contribution in [0.1, 0.15) is 44.9 Å². The van der Waals surface area contributed by atoms with E-state index in [9.17, 15) is 35.9 Å². The molecule has 44 heavy (non-hydrogen) atoms. The number of alkyl halides is 6. The van der Waals surface area contributed by atoms with Crippen molar-refractivity contribution in [2.75, 3.05) is 36.8 Å². The maximum absolute atomic E-state index is 13.7. The van der Waals surface area contributed by atoms with Crippen LogP contribution in [0.4, 0.5) is 37.7 Å². The van der Waals surface area contributed by atoms with Gasteiger partial charge in [0.05, 0.1) is 11.1 Å². The number of carbonyl (C=O) groups excluding carboxylic acids is 2. The van der Waals surface area contributed by atoms with Crippen LogP contribution in [0.5, 0.6) is 11.5 Å². The quantitative estimate of drug-likeness (QED) is 0.270. The third kappa shape index (κ3) is 7.55. The van der Waals surface area contributed by atoms with Crippen molar-refractivity contribution in [3.05, 3.63) is 71.3 Å². The predicted octanol–water partition coefficient (Wildman–Crippen LogP) is 4.50. The average molecular weight is 625 g/mol. The summed E-state index contributed by atoms with van der Waals surface area (Å²) in [6.07, 6.45) is -8.45. The molecule has 2 fully saturated rings. The Bertz CT molecular complexity index is 1410. The molecule has 0 aliphatic carbocycles. The lowest BCUT2D eigenvalue weighted by molar-refractivity contribution is -0.140. The maximum atomic E-state index is 13.7. The van der Waals surface area contributed by atoms with E-state index in [4.69, 9.17) is 9.47 Å². The summed E-state index contributed by atoms with van der Waals surface area (Å²) >= 11 is 0. The van der Waals surface area contributed by atoms with E-state index in [1.54, 1.807) is 0 Å². The standard InChI is InChI=1S/C28H26F6N6O4/c29-27(30,31)19-9-15(1-3-23(19)43-17-5-7-35-12-17)39-25(41)21-11-22(38-14-37-21)26(42)40-16-2-4-24(20(10-16)28(32,33)34)44-18-6-8-36-13-18/h1-4,9-11,14,17-18,35-36H,5-8,12-13H2,(H,39,41)(H,40,42)/t17-,18-/m1/s1. The Morgan fingerprint density at radius 1 is 0.705 bits per heavy atom. The van der Waals surface area contributed by atoms with E-state index in [1.165, 1.54) is 12.1 Å². The third-order valence-electron chi connectivity index (χ3n) is 6.84. The second kappa shape index (κ2) is 12.7. The van der Waals surface area contributed by atoms with Crippen molar-refractivity contribution in [1.82, 2.24) is 20.6 Å². The molecule has 0 spiro atoms. The molecular weight excluding hydrogens is 598 g/mol. The molecule has 0 bridgehead atoms. The number of hydrogen-bond donors (Lipinski definition) is 4. The Balaban J connectivity index is 1.29. The van der Waals surface area contributed by atoms with Gasteiger partial charge in [-0.1, -0.05) is 0 Å². The van der Waals surface area contributed by atoms with Crippen LogP contribution < -0.4 is 30.7 Å². The largest absolute Gasteiger partial charge is 0.488 e. The van der Waals surface area contributed by atoms with E-state index in [0.29, 0.717) is 39.0 Å². The number of aromatic nitrogens is 2. The fourth-order valence-electron chi connectivity index (χ4n) is 4.68. The van der Waals surface area contributed by atoms with E-state index < -0.39 is 47.5 Å². The van der Waals surface area contributed by atoms with Gasteiger partial charge in [-0.3, -0.25) is 9.59 Å². The van der Waals surface area contributed by atoms with Gasteiger partial charge in [0.2, 0.25) is 0 Å². The summed E-state index contributed by atoms with van der Waals surface area (Å²) in [6, 6.07) is 7.06. The molecule has 16 heteroatoms. The number of rotatable bonds is 8. The first-order valence-electron chi connectivity index (χ1n) is 13.5. The number of benzene rings is 2. The fraction of sp³-hybridized carbons (Fsp3) is 0.357. The molecule has 5 rings (SSSR count). The molecule has 2 aliphatic rings. The molecule has 2 atom stereocenters. The van der Waals surface area contributed by atoms with E-state index in [2.05, 4.69) is 31.2 Å². The maximum Gasteiger partial charge on any atom is 0.420 e. The highest BCUT2D eigenvalue weighted by Gasteiger charge is 2.37. The minimum atomic E-state index is -4.77. The van der Waals surface area contributed by atoms with Crippen LogP contribution in [0.15, 0.2) is 48.8 Å². The van der Waals surface area contributed by atoms with Gasteiger partial charge in [0.1, 0.15) is 41.4 Å². The number of nitrogens with one attached hydrogen (secondary N) is 4. The second-order valence-corrected chi connectivity index (χ2v) is 10.1. The average Bonchev–Trinajstić information content (AvgIpc) is 3.68. The van der Waals surface area contributed by atoms with Gasteiger partial charge in [-0.2, -0.15) is 26.3 Å². The zero-order valence-corrected chi connectivity index (χ0v) is 22.8. The fourth-order valence-corrected chi connectivity index (χ4v) is 4.68. The molecule has 2 aromatic carbocycles. The van der Waals surface area contributed by atoms with E-state index >= 15 is 0 Å². The van der Waals surface area contributed by atoms with Crippen molar-refractivity contribution < 1.29 is 45.4 Å². The number of ether oxygens (including phenoxy) is 2. The van der Waals surface area contributed by atoms with Gasteiger partial charge < -0.3 is 30.7 Å². The molecule has 2 saturated heterocycles. The summed E-state index contributed by atoms with van der Waals surface area (Å²) in [4.78, 5) is 33.1. The van der Waals surface area contributed by atoms with Crippen LogP contribution in [-0.4, -0.2) is 60.2 Å². The zero-order chi connectivity index (χ0) is 31.5. The lowest BCUT2D eigenvalue weighted by Crippen LogP contribution is -2.22. The van der Waals surface area contributed by atoms with Gasteiger partial charge in [0, 0.05) is 30.5 Å². The molecule has 0 saturated carbocycles. The smallest absolute Gasteiger partial charge is 0.420 e. The van der Waals surface area contributed by atoms with E-state index in [-0.39, 0.29) is 34.3 Å². The van der Waals surface area contributed by atoms with E-state index in [0.717, 1.165) is 36.7 Å². The van der Waals surface area contributed by atoms with Crippen molar-refractivity contribution in [3.8, 4) is 11.5 Å². The van der Waals surface area contributed by atoms with Gasteiger partial charge in [-0.25, -0.2) is 9.97 Å². The summed E-state index contributed by atoms with van der Waals surface area (Å²) in [5.74, 6) is -2.67. The van der Waals surface area contributed by atoms with Crippen molar-refractivity contribution in [2.24, 2.45) is 0 Å². The lowest BCUT2D eigenvalue weighted by Gasteiger charge is -2.19. The Hall–Kier alpha value is -4.44. The Morgan fingerprint density at radius 2 is 1.14 bits per heavy atom. The number of anilines is 2. The highest BCUT2D eigenvalue weighted by Crippen LogP contribution is 2.40. The molecule has 2 amide bonds. The van der Waals surface area contributed by atoms with Crippen LogP contribution in [-0.2, 0) is 12.4 Å². The van der Waals surface area contributed by atoms with Crippen molar-refractivity contribution in [3.63, 3.8) is 0 Å². The summed E-state index contributed by atoms with van der Waals surface area (Å²) in [5, 5.41) is 10.6. The van der Waals surface area contributed by atoms with E-state index in [1.807, 2.05) is 0 Å². The van der Waals surface area contributed by atoms with Crippen molar-refractivity contribution in [2.45, 2.75) is 37.4 Å². The van der Waals surface area contributed by atoms with Gasteiger partial charge in [-0.05, 0) is 62.3 Å². The molecule has 2 aliphatic heterocycles. The highest BCUT2D eigenvalue weighted by atomic mass is 19.4. The first-order chi connectivity index (χ1) is 20.9. The molecule has 234 valence electrons. The monoisotopic (exact) mass is 624 g/mol. The van der Waals surface area contributed by atoms with Gasteiger partial charge in [-0.15, -0.1) is 0 Å². The minimum Gasteiger partial charge on any atom is -0.488 e. The first kappa shape index (κ1) is 31.0. The van der Waals surface area contributed by atoms with Gasteiger partial charge in [0.25, 0.3) is 11.8 Å². The number of nitrogens with zero attached hydrogens (tertiary/aromatic N) is 2. The van der Waals surface area contributed by atoms with Crippen LogP contribution in [0.2, 0.25) is 0 Å². The molecule has 4 N–H and O–H groups in total. The SMILES string of the molecule is O=C(Nc1ccc(O[C@@H]2CCNC2)c(C(F)(F)F)c1)c1cc(C(=O)Nc2ccc(O[C@@H]3CCNC3)c(C(F)(F)F)c2)ncn1. The summed E-state index contributed by atoms with van der Waals surface area (Å²) in [7, 11) is 0. The molecule has 10 nitrogen and oxygen atoms in total. The molecule has 0 unspecified atom stereocenters. The molecule has 3 heterocycles.